The third-order valence-corrected chi connectivity index (χ3v) is 6.51. The van der Waals surface area contributed by atoms with Crippen LogP contribution in [0, 0.1) is 0 Å². The zero-order valence-corrected chi connectivity index (χ0v) is 14.4. The van der Waals surface area contributed by atoms with Crippen molar-refractivity contribution in [3.05, 3.63) is 0 Å². The Morgan fingerprint density at radius 3 is 2.24 bits per heavy atom. The van der Waals surface area contributed by atoms with Gasteiger partial charge < -0.3 is 10.2 Å². The molecule has 0 radical (unpaired) electrons. The third kappa shape index (κ3) is 5.20. The van der Waals surface area contributed by atoms with Gasteiger partial charge in [-0.1, -0.05) is 20.3 Å². The molecule has 0 aromatic heterocycles. The molecule has 0 unspecified atom stereocenters. The summed E-state index contributed by atoms with van der Waals surface area (Å²) < 4.78 is 26.3. The zero-order chi connectivity index (χ0) is 15.3. The second-order valence-electron chi connectivity index (χ2n) is 6.65. The summed E-state index contributed by atoms with van der Waals surface area (Å²) in [6.07, 6.45) is 5.96. The van der Waals surface area contributed by atoms with Crippen molar-refractivity contribution in [2.24, 2.45) is 0 Å². The van der Waals surface area contributed by atoms with Crippen LogP contribution < -0.4 is 5.32 Å². The Morgan fingerprint density at radius 2 is 1.67 bits per heavy atom. The Kier molecular flexibility index (Phi) is 6.47. The van der Waals surface area contributed by atoms with Crippen LogP contribution in [-0.4, -0.2) is 68.2 Å². The van der Waals surface area contributed by atoms with Gasteiger partial charge in [0, 0.05) is 31.7 Å². The molecule has 2 aliphatic rings. The summed E-state index contributed by atoms with van der Waals surface area (Å²) in [6.45, 7) is 8.43. The van der Waals surface area contributed by atoms with Gasteiger partial charge >= 0.3 is 0 Å². The Bertz CT molecular complexity index is 397. The monoisotopic (exact) mass is 317 g/mol. The molecule has 0 spiro atoms. The normalized spacial score (nSPS) is 23.8. The zero-order valence-electron chi connectivity index (χ0n) is 13.6. The highest BCUT2D eigenvalue weighted by molar-refractivity contribution is 7.89. The fraction of sp³-hybridized carbons (Fsp3) is 1.00. The maximum absolute atomic E-state index is 12.3. The molecule has 0 atom stereocenters. The van der Waals surface area contributed by atoms with E-state index in [4.69, 9.17) is 0 Å². The van der Waals surface area contributed by atoms with Crippen LogP contribution in [0.5, 0.6) is 0 Å². The molecule has 21 heavy (non-hydrogen) atoms. The minimum atomic E-state index is -3.08. The minimum absolute atomic E-state index is 0.222. The van der Waals surface area contributed by atoms with E-state index < -0.39 is 10.0 Å². The first kappa shape index (κ1) is 17.2. The fourth-order valence-corrected chi connectivity index (χ4v) is 4.78. The average molecular weight is 317 g/mol. The minimum Gasteiger partial charge on any atom is -0.313 e. The molecule has 2 heterocycles. The van der Waals surface area contributed by atoms with E-state index in [1.165, 1.54) is 32.4 Å². The van der Waals surface area contributed by atoms with Crippen LogP contribution in [0.4, 0.5) is 0 Å². The van der Waals surface area contributed by atoms with Crippen molar-refractivity contribution in [3.8, 4) is 0 Å². The SMILES string of the molecule is CC(C)NCCS(=O)(=O)N1CCC(N2CCCCC2)CC1. The van der Waals surface area contributed by atoms with E-state index in [-0.39, 0.29) is 5.75 Å². The van der Waals surface area contributed by atoms with Gasteiger partial charge in [0.15, 0.2) is 0 Å². The van der Waals surface area contributed by atoms with Crippen molar-refractivity contribution in [3.63, 3.8) is 0 Å². The summed E-state index contributed by atoms with van der Waals surface area (Å²) >= 11 is 0. The molecule has 0 aliphatic carbocycles. The standard InChI is InChI=1S/C15H31N3O2S/c1-14(2)16-8-13-21(19,20)18-11-6-15(7-12-18)17-9-4-3-5-10-17/h14-16H,3-13H2,1-2H3. The summed E-state index contributed by atoms with van der Waals surface area (Å²) in [5, 5.41) is 3.19. The summed E-state index contributed by atoms with van der Waals surface area (Å²) in [4.78, 5) is 2.58. The van der Waals surface area contributed by atoms with Crippen LogP contribution in [0.25, 0.3) is 0 Å². The number of piperidine rings is 2. The topological polar surface area (TPSA) is 52.7 Å². The number of nitrogens with zero attached hydrogens (tertiary/aromatic N) is 2. The summed E-state index contributed by atoms with van der Waals surface area (Å²) in [5.41, 5.74) is 0. The number of hydrogen-bond acceptors (Lipinski definition) is 4. The first-order chi connectivity index (χ1) is 9.99. The molecule has 0 aromatic rings. The van der Waals surface area contributed by atoms with Crippen molar-refractivity contribution in [1.29, 1.82) is 0 Å². The Balaban J connectivity index is 1.76. The number of sulfonamides is 1. The first-order valence-corrected chi connectivity index (χ1v) is 10.1. The van der Waals surface area contributed by atoms with Gasteiger partial charge in [-0.3, -0.25) is 0 Å². The molecule has 0 aromatic carbocycles. The number of nitrogens with one attached hydrogen (secondary N) is 1. The molecule has 6 heteroatoms. The smallest absolute Gasteiger partial charge is 0.215 e. The van der Waals surface area contributed by atoms with Crippen LogP contribution in [0.2, 0.25) is 0 Å². The highest BCUT2D eigenvalue weighted by Crippen LogP contribution is 2.22. The molecular weight excluding hydrogens is 286 g/mol. The average Bonchev–Trinajstić information content (AvgIpc) is 2.48. The summed E-state index contributed by atoms with van der Waals surface area (Å²) in [7, 11) is -3.08. The predicted octanol–water partition coefficient (Wildman–Crippen LogP) is 1.26. The van der Waals surface area contributed by atoms with E-state index in [0.717, 1.165) is 12.8 Å². The van der Waals surface area contributed by atoms with Crippen LogP contribution in [0.3, 0.4) is 0 Å². The van der Waals surface area contributed by atoms with Gasteiger partial charge in [-0.25, -0.2) is 12.7 Å². The second kappa shape index (κ2) is 7.90. The molecule has 2 saturated heterocycles. The second-order valence-corrected chi connectivity index (χ2v) is 8.74. The number of hydrogen-bond donors (Lipinski definition) is 1. The van der Waals surface area contributed by atoms with Gasteiger partial charge in [-0.2, -0.15) is 0 Å². The molecule has 5 nitrogen and oxygen atoms in total. The fourth-order valence-electron chi connectivity index (χ4n) is 3.37. The quantitative estimate of drug-likeness (QED) is 0.801. The lowest BCUT2D eigenvalue weighted by atomic mass is 10.0. The molecule has 2 aliphatic heterocycles. The van der Waals surface area contributed by atoms with Gasteiger partial charge in [0.1, 0.15) is 0 Å². The van der Waals surface area contributed by atoms with Crippen molar-refractivity contribution in [1.82, 2.24) is 14.5 Å². The first-order valence-electron chi connectivity index (χ1n) is 8.44. The van der Waals surface area contributed by atoms with E-state index in [2.05, 4.69) is 10.2 Å². The van der Waals surface area contributed by atoms with Crippen LogP contribution in [0.15, 0.2) is 0 Å². The molecule has 2 fully saturated rings. The van der Waals surface area contributed by atoms with E-state index in [1.54, 1.807) is 4.31 Å². The van der Waals surface area contributed by atoms with Crippen molar-refractivity contribution in [2.45, 2.75) is 58.0 Å². The molecule has 2 rings (SSSR count). The summed E-state index contributed by atoms with van der Waals surface area (Å²) in [5.74, 6) is 0.222. The highest BCUT2D eigenvalue weighted by atomic mass is 32.2. The molecule has 124 valence electrons. The van der Waals surface area contributed by atoms with Crippen molar-refractivity contribution >= 4 is 10.0 Å². The Labute approximate surface area is 130 Å². The predicted molar refractivity (Wildman–Crippen MR) is 86.9 cm³/mol. The number of likely N-dealkylation sites (tertiary alicyclic amines) is 1. The van der Waals surface area contributed by atoms with Gasteiger partial charge in [-0.15, -0.1) is 0 Å². The lowest BCUT2D eigenvalue weighted by molar-refractivity contribution is 0.118. The molecule has 0 bridgehead atoms. The van der Waals surface area contributed by atoms with Crippen LogP contribution in [-0.2, 0) is 10.0 Å². The molecular formula is C15H31N3O2S. The lowest BCUT2D eigenvalue weighted by Crippen LogP contribution is -2.49. The molecule has 1 N–H and O–H groups in total. The van der Waals surface area contributed by atoms with Gasteiger partial charge in [0.05, 0.1) is 5.75 Å². The van der Waals surface area contributed by atoms with E-state index in [9.17, 15) is 8.42 Å². The maximum Gasteiger partial charge on any atom is 0.215 e. The van der Waals surface area contributed by atoms with Gasteiger partial charge in [-0.05, 0) is 38.8 Å². The van der Waals surface area contributed by atoms with E-state index in [0.29, 0.717) is 31.7 Å². The van der Waals surface area contributed by atoms with E-state index >= 15 is 0 Å². The van der Waals surface area contributed by atoms with Gasteiger partial charge in [0.2, 0.25) is 10.0 Å². The molecule has 0 amide bonds. The highest BCUT2D eigenvalue weighted by Gasteiger charge is 2.30. The Morgan fingerprint density at radius 1 is 1.05 bits per heavy atom. The van der Waals surface area contributed by atoms with Crippen LogP contribution >= 0.6 is 0 Å². The number of rotatable bonds is 6. The largest absolute Gasteiger partial charge is 0.313 e. The van der Waals surface area contributed by atoms with Crippen LogP contribution in [0.1, 0.15) is 46.0 Å². The lowest BCUT2D eigenvalue weighted by Gasteiger charge is -2.39. The maximum atomic E-state index is 12.3. The Hall–Kier alpha value is -0.170. The molecule has 0 saturated carbocycles. The van der Waals surface area contributed by atoms with Crippen molar-refractivity contribution in [2.75, 3.05) is 38.5 Å². The summed E-state index contributed by atoms with van der Waals surface area (Å²) in [6, 6.07) is 0.940. The van der Waals surface area contributed by atoms with E-state index in [1.807, 2.05) is 13.8 Å². The van der Waals surface area contributed by atoms with Crippen molar-refractivity contribution < 1.29 is 8.42 Å². The van der Waals surface area contributed by atoms with Gasteiger partial charge in [0.25, 0.3) is 0 Å². The third-order valence-electron chi connectivity index (χ3n) is 4.64.